The summed E-state index contributed by atoms with van der Waals surface area (Å²) in [4.78, 5) is 12.8. The van der Waals surface area contributed by atoms with Gasteiger partial charge >= 0.3 is 5.97 Å². The highest BCUT2D eigenvalue weighted by Crippen LogP contribution is 2.67. The number of esters is 1. The van der Waals surface area contributed by atoms with E-state index in [4.69, 9.17) is 14.2 Å². The number of benzene rings is 1. The average molecular weight is 605 g/mol. The van der Waals surface area contributed by atoms with Crippen molar-refractivity contribution in [2.24, 2.45) is 52.3 Å². The second kappa shape index (κ2) is 13.6. The molecule has 3 saturated carbocycles. The summed E-state index contributed by atoms with van der Waals surface area (Å²) in [6.07, 6.45) is 19.9. The first-order chi connectivity index (χ1) is 21.0. The van der Waals surface area contributed by atoms with Crippen molar-refractivity contribution in [1.29, 1.82) is 0 Å². The minimum absolute atomic E-state index is 0.0308. The van der Waals surface area contributed by atoms with E-state index in [2.05, 4.69) is 47.6 Å². The molecule has 4 aliphatic rings. The van der Waals surface area contributed by atoms with Gasteiger partial charge in [-0.05, 0) is 127 Å². The van der Waals surface area contributed by atoms with Crippen molar-refractivity contribution in [2.45, 2.75) is 118 Å². The first-order valence-corrected chi connectivity index (χ1v) is 17.8. The molecule has 44 heavy (non-hydrogen) atoms. The van der Waals surface area contributed by atoms with Crippen molar-refractivity contribution >= 4 is 12.0 Å². The van der Waals surface area contributed by atoms with Crippen LogP contribution >= 0.6 is 0 Å². The molecule has 1 aromatic rings. The Balaban J connectivity index is 1.20. The fourth-order valence-corrected chi connectivity index (χ4v) is 10.7. The fraction of sp³-hybridized carbons (Fsp3) is 0.725. The van der Waals surface area contributed by atoms with Gasteiger partial charge in [0.25, 0.3) is 0 Å². The van der Waals surface area contributed by atoms with Crippen LogP contribution in [0.2, 0.25) is 0 Å². The highest BCUT2D eigenvalue weighted by molar-refractivity contribution is 5.87. The molecule has 0 saturated heterocycles. The third-order valence-corrected chi connectivity index (χ3v) is 13.4. The Morgan fingerprint density at radius 2 is 1.75 bits per heavy atom. The van der Waals surface area contributed by atoms with Gasteiger partial charge in [0, 0.05) is 12.5 Å². The maximum absolute atomic E-state index is 12.8. The Hall–Kier alpha value is -2.23. The van der Waals surface area contributed by atoms with Crippen LogP contribution in [0.3, 0.4) is 0 Å². The van der Waals surface area contributed by atoms with Gasteiger partial charge in [-0.2, -0.15) is 0 Å². The lowest BCUT2D eigenvalue weighted by Crippen LogP contribution is -2.51. The fourth-order valence-electron chi connectivity index (χ4n) is 10.7. The zero-order valence-electron chi connectivity index (χ0n) is 29.0. The first-order valence-electron chi connectivity index (χ1n) is 17.8. The molecule has 0 amide bonds. The second-order valence-electron chi connectivity index (χ2n) is 15.7. The third-order valence-electron chi connectivity index (χ3n) is 13.4. The van der Waals surface area contributed by atoms with Crippen LogP contribution in [0.4, 0.5) is 0 Å². The predicted octanol–water partition coefficient (Wildman–Crippen LogP) is 10.3. The molecule has 4 aliphatic carbocycles. The Morgan fingerprint density at radius 1 is 0.977 bits per heavy atom. The van der Waals surface area contributed by atoms with Crippen molar-refractivity contribution < 1.29 is 19.0 Å². The van der Waals surface area contributed by atoms with Gasteiger partial charge in [-0.25, -0.2) is 4.79 Å². The number of methoxy groups -OCH3 is 2. The number of rotatable bonds is 11. The summed E-state index contributed by atoms with van der Waals surface area (Å²) in [5, 5.41) is 0. The lowest BCUT2D eigenvalue weighted by Gasteiger charge is -2.58. The van der Waals surface area contributed by atoms with E-state index in [0.29, 0.717) is 16.9 Å². The van der Waals surface area contributed by atoms with Gasteiger partial charge in [-0.3, -0.25) is 0 Å². The van der Waals surface area contributed by atoms with E-state index in [9.17, 15) is 4.79 Å². The topological polar surface area (TPSA) is 44.8 Å². The van der Waals surface area contributed by atoms with Crippen LogP contribution in [-0.4, -0.2) is 26.3 Å². The van der Waals surface area contributed by atoms with Crippen LogP contribution in [0.15, 0.2) is 35.9 Å². The van der Waals surface area contributed by atoms with Crippen LogP contribution in [0.5, 0.6) is 11.5 Å². The van der Waals surface area contributed by atoms with Crippen molar-refractivity contribution in [3.63, 3.8) is 0 Å². The average Bonchev–Trinajstić information content (AvgIpc) is 3.37. The molecule has 0 N–H and O–H groups in total. The van der Waals surface area contributed by atoms with Crippen molar-refractivity contribution in [2.75, 3.05) is 14.2 Å². The number of allylic oxidation sites excluding steroid dienone is 1. The number of ether oxygens (including phenoxy) is 3. The maximum atomic E-state index is 12.8. The van der Waals surface area contributed by atoms with E-state index in [1.54, 1.807) is 31.9 Å². The number of carbonyl (C=O) groups excluding carboxylic acids is 1. The number of hydrogen-bond donors (Lipinski definition) is 0. The molecular formula is C40H60O4. The third kappa shape index (κ3) is 6.38. The molecule has 0 heterocycles. The van der Waals surface area contributed by atoms with E-state index >= 15 is 0 Å². The van der Waals surface area contributed by atoms with E-state index in [0.717, 1.165) is 66.3 Å². The molecule has 9 atom stereocenters. The number of fused-ring (bicyclic) bond motifs is 5. The summed E-state index contributed by atoms with van der Waals surface area (Å²) < 4.78 is 16.7. The van der Waals surface area contributed by atoms with Crippen LogP contribution in [0, 0.1) is 52.3 Å². The molecule has 0 spiro atoms. The van der Waals surface area contributed by atoms with E-state index < -0.39 is 0 Å². The van der Waals surface area contributed by atoms with E-state index in [1.165, 1.54) is 51.4 Å². The lowest BCUT2D eigenvalue weighted by molar-refractivity contribution is -0.145. The molecule has 1 aromatic carbocycles. The van der Waals surface area contributed by atoms with Gasteiger partial charge < -0.3 is 14.2 Å². The van der Waals surface area contributed by atoms with Crippen LogP contribution in [0.25, 0.3) is 6.08 Å². The molecule has 244 valence electrons. The predicted molar refractivity (Wildman–Crippen MR) is 181 cm³/mol. The number of hydrogen-bond acceptors (Lipinski definition) is 4. The van der Waals surface area contributed by atoms with Crippen LogP contribution in [0.1, 0.15) is 118 Å². The molecule has 3 fully saturated rings. The summed E-state index contributed by atoms with van der Waals surface area (Å²) in [6, 6.07) is 5.64. The van der Waals surface area contributed by atoms with Crippen LogP contribution in [-0.2, 0) is 9.53 Å². The highest BCUT2D eigenvalue weighted by Gasteiger charge is 2.59. The zero-order valence-corrected chi connectivity index (χ0v) is 29.0. The second-order valence-corrected chi connectivity index (χ2v) is 15.7. The molecule has 4 heteroatoms. The molecule has 0 radical (unpaired) electrons. The zero-order chi connectivity index (χ0) is 31.6. The molecular weight excluding hydrogens is 544 g/mol. The van der Waals surface area contributed by atoms with Crippen molar-refractivity contribution in [3.05, 3.63) is 41.5 Å². The molecule has 0 aliphatic heterocycles. The van der Waals surface area contributed by atoms with Crippen molar-refractivity contribution in [3.8, 4) is 11.5 Å². The minimum Gasteiger partial charge on any atom is -0.493 e. The van der Waals surface area contributed by atoms with Gasteiger partial charge in [-0.1, -0.05) is 72.1 Å². The molecule has 9 unspecified atom stereocenters. The van der Waals surface area contributed by atoms with E-state index in [1.807, 2.05) is 18.2 Å². The van der Waals surface area contributed by atoms with Gasteiger partial charge in [0.2, 0.25) is 0 Å². The SMILES string of the molecule is CCC(CCC(C)C1CCC2C3CC=C4CC(OC(=O)/C=C/c5ccc(OC)c(OC)c5)CCC4(C)C3CCC12C)C(C)C. The summed E-state index contributed by atoms with van der Waals surface area (Å²) in [7, 11) is 3.24. The first kappa shape index (κ1) is 33.1. The van der Waals surface area contributed by atoms with Gasteiger partial charge in [0.1, 0.15) is 6.10 Å². The largest absolute Gasteiger partial charge is 0.493 e. The Morgan fingerprint density at radius 3 is 2.45 bits per heavy atom. The molecule has 5 rings (SSSR count). The van der Waals surface area contributed by atoms with E-state index in [-0.39, 0.29) is 17.5 Å². The quantitative estimate of drug-likeness (QED) is 0.143. The molecule has 0 aromatic heterocycles. The van der Waals surface area contributed by atoms with Crippen molar-refractivity contribution in [1.82, 2.24) is 0 Å². The Bertz CT molecular complexity index is 1210. The highest BCUT2D eigenvalue weighted by atomic mass is 16.5. The summed E-state index contributed by atoms with van der Waals surface area (Å²) in [5.41, 5.74) is 3.22. The standard InChI is InChI=1S/C40H60O4/c1-9-29(26(2)3)13-10-27(4)33-16-17-34-32-15-14-30-25-31(20-22-39(30,5)35(32)21-23-40(33,34)6)44-38(41)19-12-28-11-18-36(42-7)37(24-28)43-8/h11-12,14,18-19,24,26-27,29,31-35H,9-10,13,15-17,20-23,25H2,1-8H3/b19-12+. The molecule has 0 bridgehead atoms. The van der Waals surface area contributed by atoms with Gasteiger partial charge in [-0.15, -0.1) is 0 Å². The monoisotopic (exact) mass is 604 g/mol. The Kier molecular flexibility index (Phi) is 10.3. The van der Waals surface area contributed by atoms with Gasteiger partial charge in [0.05, 0.1) is 14.2 Å². The molecule has 4 nitrogen and oxygen atoms in total. The maximum Gasteiger partial charge on any atom is 0.331 e. The summed E-state index contributed by atoms with van der Waals surface area (Å²) in [6.45, 7) is 15.0. The normalized spacial score (nSPS) is 34.5. The smallest absolute Gasteiger partial charge is 0.331 e. The van der Waals surface area contributed by atoms with Crippen LogP contribution < -0.4 is 9.47 Å². The summed E-state index contributed by atoms with van der Waals surface area (Å²) in [5.74, 6) is 6.93. The van der Waals surface area contributed by atoms with Gasteiger partial charge in [0.15, 0.2) is 11.5 Å². The summed E-state index contributed by atoms with van der Waals surface area (Å²) >= 11 is 0. The minimum atomic E-state index is -0.263. The lowest BCUT2D eigenvalue weighted by atomic mass is 9.47. The Labute approximate surface area is 268 Å². The number of carbonyl (C=O) groups is 1.